The van der Waals surface area contributed by atoms with Crippen LogP contribution in [0.3, 0.4) is 0 Å². The molecule has 0 saturated heterocycles. The number of rotatable bonds is 6. The molecule has 1 aliphatic rings. The molecule has 6 nitrogen and oxygen atoms in total. The van der Waals surface area contributed by atoms with Gasteiger partial charge in [0.1, 0.15) is 18.1 Å². The standard InChI is InChI=1S/C20H20O6/c1-4-15-17(23-2)9-13(10-18(15)24-3)19(21)14-8-12-6-5-7-16(26-22)20(12)25-11-14/h5-10,22H,4,11H2,1-3H3. The Morgan fingerprint density at radius 1 is 1.15 bits per heavy atom. The predicted octanol–water partition coefficient (Wildman–Crippen LogP) is 3.78. The summed E-state index contributed by atoms with van der Waals surface area (Å²) in [5.74, 6) is 1.67. The van der Waals surface area contributed by atoms with Crippen molar-refractivity contribution in [1.82, 2.24) is 0 Å². The van der Waals surface area contributed by atoms with Crippen molar-refractivity contribution >= 4 is 11.9 Å². The van der Waals surface area contributed by atoms with E-state index in [0.717, 1.165) is 12.0 Å². The van der Waals surface area contributed by atoms with Crippen molar-refractivity contribution in [3.05, 3.63) is 52.6 Å². The summed E-state index contributed by atoms with van der Waals surface area (Å²) in [6.07, 6.45) is 2.46. The van der Waals surface area contributed by atoms with E-state index >= 15 is 0 Å². The number of fused-ring (bicyclic) bond motifs is 1. The van der Waals surface area contributed by atoms with Gasteiger partial charge in [0, 0.05) is 22.3 Å². The van der Waals surface area contributed by atoms with Gasteiger partial charge in [-0.15, -0.1) is 0 Å². The van der Waals surface area contributed by atoms with Gasteiger partial charge < -0.3 is 19.1 Å². The van der Waals surface area contributed by atoms with Crippen molar-refractivity contribution in [1.29, 1.82) is 0 Å². The zero-order chi connectivity index (χ0) is 18.7. The van der Waals surface area contributed by atoms with E-state index in [1.165, 1.54) is 0 Å². The second-order valence-corrected chi connectivity index (χ2v) is 5.77. The lowest BCUT2D eigenvalue weighted by atomic mass is 9.97. The maximum atomic E-state index is 13.0. The first kappa shape index (κ1) is 17.8. The molecule has 0 unspecified atom stereocenters. The molecule has 0 aliphatic carbocycles. The molecule has 1 heterocycles. The molecule has 0 amide bonds. The van der Waals surface area contributed by atoms with Crippen LogP contribution in [0.25, 0.3) is 6.08 Å². The molecule has 0 fully saturated rings. The van der Waals surface area contributed by atoms with Gasteiger partial charge in [-0.05, 0) is 30.7 Å². The van der Waals surface area contributed by atoms with E-state index in [4.69, 9.17) is 19.5 Å². The highest BCUT2D eigenvalue weighted by atomic mass is 17.1. The van der Waals surface area contributed by atoms with Crippen LogP contribution in [0.15, 0.2) is 35.9 Å². The van der Waals surface area contributed by atoms with Crippen LogP contribution in [0.5, 0.6) is 23.0 Å². The molecule has 1 N–H and O–H groups in total. The Morgan fingerprint density at radius 2 is 1.85 bits per heavy atom. The van der Waals surface area contributed by atoms with Crippen molar-refractivity contribution in [3.63, 3.8) is 0 Å². The van der Waals surface area contributed by atoms with Gasteiger partial charge >= 0.3 is 0 Å². The van der Waals surface area contributed by atoms with E-state index in [2.05, 4.69) is 4.89 Å². The molecule has 1 aliphatic heterocycles. The Labute approximate surface area is 151 Å². The SMILES string of the molecule is CCc1c(OC)cc(C(=O)C2=Cc3cccc(OO)c3OC2)cc1OC. The molecule has 0 aromatic heterocycles. The van der Waals surface area contributed by atoms with Crippen LogP contribution in [0.2, 0.25) is 0 Å². The lowest BCUT2D eigenvalue weighted by Gasteiger charge is -2.19. The predicted molar refractivity (Wildman–Crippen MR) is 96.4 cm³/mol. The van der Waals surface area contributed by atoms with E-state index in [1.807, 2.05) is 6.92 Å². The van der Waals surface area contributed by atoms with E-state index in [9.17, 15) is 4.79 Å². The number of hydrogen-bond acceptors (Lipinski definition) is 6. The Bertz CT molecular complexity index is 844. The summed E-state index contributed by atoms with van der Waals surface area (Å²) in [4.78, 5) is 17.3. The molecule has 26 heavy (non-hydrogen) atoms. The maximum Gasteiger partial charge on any atom is 0.207 e. The molecule has 0 saturated carbocycles. The number of methoxy groups -OCH3 is 2. The maximum absolute atomic E-state index is 13.0. The lowest BCUT2D eigenvalue weighted by molar-refractivity contribution is -0.139. The van der Waals surface area contributed by atoms with E-state index in [-0.39, 0.29) is 18.1 Å². The van der Waals surface area contributed by atoms with Crippen LogP contribution in [-0.2, 0) is 6.42 Å². The quantitative estimate of drug-likeness (QED) is 0.482. The molecule has 3 rings (SSSR count). The number of benzene rings is 2. The van der Waals surface area contributed by atoms with Gasteiger partial charge in [0.2, 0.25) is 5.75 Å². The fourth-order valence-corrected chi connectivity index (χ4v) is 3.03. The fourth-order valence-electron chi connectivity index (χ4n) is 3.03. The first-order valence-corrected chi connectivity index (χ1v) is 8.20. The van der Waals surface area contributed by atoms with E-state index in [0.29, 0.717) is 33.9 Å². The molecular weight excluding hydrogens is 336 g/mol. The van der Waals surface area contributed by atoms with Crippen LogP contribution in [-0.4, -0.2) is 31.9 Å². The van der Waals surface area contributed by atoms with Crippen LogP contribution in [0.1, 0.15) is 28.4 Å². The van der Waals surface area contributed by atoms with Crippen LogP contribution < -0.4 is 19.1 Å². The molecule has 6 heteroatoms. The van der Waals surface area contributed by atoms with Crippen molar-refractivity contribution < 1.29 is 29.1 Å². The lowest BCUT2D eigenvalue weighted by Crippen LogP contribution is -2.16. The average molecular weight is 356 g/mol. The number of ether oxygens (including phenoxy) is 3. The number of carbonyl (C=O) groups is 1. The fraction of sp³-hybridized carbons (Fsp3) is 0.250. The molecule has 0 atom stereocenters. The number of hydrogen-bond donors (Lipinski definition) is 1. The zero-order valence-corrected chi connectivity index (χ0v) is 14.9. The van der Waals surface area contributed by atoms with Crippen molar-refractivity contribution in [2.24, 2.45) is 0 Å². The summed E-state index contributed by atoms with van der Waals surface area (Å²) < 4.78 is 16.5. The van der Waals surface area contributed by atoms with Crippen LogP contribution in [0.4, 0.5) is 0 Å². The monoisotopic (exact) mass is 356 g/mol. The molecule has 0 bridgehead atoms. The van der Waals surface area contributed by atoms with Gasteiger partial charge in [-0.2, -0.15) is 0 Å². The highest BCUT2D eigenvalue weighted by Crippen LogP contribution is 2.37. The van der Waals surface area contributed by atoms with Crippen LogP contribution >= 0.6 is 0 Å². The molecule has 2 aromatic carbocycles. The number of Topliss-reactive ketones (excluding diaryl/α,β-unsaturated/α-hetero) is 1. The van der Waals surface area contributed by atoms with Gasteiger partial charge in [0.25, 0.3) is 0 Å². The van der Waals surface area contributed by atoms with Crippen LogP contribution in [0, 0.1) is 0 Å². The van der Waals surface area contributed by atoms with Crippen molar-refractivity contribution in [2.75, 3.05) is 20.8 Å². The van der Waals surface area contributed by atoms with Gasteiger partial charge in [-0.3, -0.25) is 4.79 Å². The summed E-state index contributed by atoms with van der Waals surface area (Å²) >= 11 is 0. The number of carbonyl (C=O) groups excluding carboxylic acids is 1. The average Bonchev–Trinajstić information content (AvgIpc) is 2.70. The molecule has 136 valence electrons. The smallest absolute Gasteiger partial charge is 0.207 e. The van der Waals surface area contributed by atoms with Crippen molar-refractivity contribution in [2.45, 2.75) is 13.3 Å². The third kappa shape index (κ3) is 3.11. The normalized spacial score (nSPS) is 12.5. The third-order valence-corrected chi connectivity index (χ3v) is 4.32. The zero-order valence-electron chi connectivity index (χ0n) is 14.9. The highest BCUT2D eigenvalue weighted by molar-refractivity contribution is 6.12. The van der Waals surface area contributed by atoms with Gasteiger partial charge in [-0.25, -0.2) is 5.26 Å². The third-order valence-electron chi connectivity index (χ3n) is 4.32. The Kier molecular flexibility index (Phi) is 5.14. The highest BCUT2D eigenvalue weighted by Gasteiger charge is 2.23. The van der Waals surface area contributed by atoms with E-state index in [1.54, 1.807) is 50.6 Å². The minimum absolute atomic E-state index is 0.0758. The molecule has 0 spiro atoms. The Balaban J connectivity index is 2.01. The largest absolute Gasteiger partial charge is 0.496 e. The van der Waals surface area contributed by atoms with E-state index < -0.39 is 0 Å². The number of ketones is 1. The number of para-hydroxylation sites is 1. The minimum Gasteiger partial charge on any atom is -0.496 e. The van der Waals surface area contributed by atoms with Gasteiger partial charge in [0.15, 0.2) is 11.5 Å². The summed E-state index contributed by atoms with van der Waals surface area (Å²) in [5, 5.41) is 8.92. The molecule has 2 aromatic rings. The summed E-state index contributed by atoms with van der Waals surface area (Å²) in [7, 11) is 3.13. The van der Waals surface area contributed by atoms with Gasteiger partial charge in [0.05, 0.1) is 14.2 Å². The summed E-state index contributed by atoms with van der Waals surface area (Å²) in [6.45, 7) is 2.07. The second kappa shape index (κ2) is 7.49. The Hall–Kier alpha value is -2.99. The molecule has 0 radical (unpaired) electrons. The summed E-state index contributed by atoms with van der Waals surface area (Å²) in [5.41, 5.74) is 2.52. The topological polar surface area (TPSA) is 74.2 Å². The first-order chi connectivity index (χ1) is 12.6. The first-order valence-electron chi connectivity index (χ1n) is 8.20. The second-order valence-electron chi connectivity index (χ2n) is 5.77. The Morgan fingerprint density at radius 3 is 2.42 bits per heavy atom. The minimum atomic E-state index is -0.176. The van der Waals surface area contributed by atoms with Crippen molar-refractivity contribution in [3.8, 4) is 23.0 Å². The molecular formula is C20H20O6. The van der Waals surface area contributed by atoms with Gasteiger partial charge in [-0.1, -0.05) is 19.1 Å². The summed E-state index contributed by atoms with van der Waals surface area (Å²) in [6, 6.07) is 8.50.